The quantitative estimate of drug-likeness (QED) is 0.666. The fourth-order valence-electron chi connectivity index (χ4n) is 4.76. The third-order valence-electron chi connectivity index (χ3n) is 6.21. The van der Waals surface area contributed by atoms with Crippen molar-refractivity contribution in [2.24, 2.45) is 5.92 Å². The Morgan fingerprint density at radius 1 is 1.24 bits per heavy atom. The lowest BCUT2D eigenvalue weighted by Gasteiger charge is -2.47. The summed E-state index contributed by atoms with van der Waals surface area (Å²) in [6.07, 6.45) is 2.73. The van der Waals surface area contributed by atoms with Crippen LogP contribution in [-0.2, 0) is 20.9 Å². The van der Waals surface area contributed by atoms with Gasteiger partial charge in [0, 0.05) is 32.6 Å². The average molecular weight is 405 g/mol. The molecule has 7 heteroatoms. The van der Waals surface area contributed by atoms with Crippen LogP contribution in [0.4, 0.5) is 0 Å². The number of carbonyl (C=O) groups excluding carboxylic acids is 2. The van der Waals surface area contributed by atoms with E-state index in [0.717, 1.165) is 44.6 Å². The Bertz CT molecular complexity index is 698. The molecule has 7 nitrogen and oxygen atoms in total. The van der Waals surface area contributed by atoms with Gasteiger partial charge in [0.1, 0.15) is 12.4 Å². The van der Waals surface area contributed by atoms with E-state index in [4.69, 9.17) is 14.6 Å². The minimum atomic E-state index is -0.404. The second kappa shape index (κ2) is 9.59. The zero-order valence-electron chi connectivity index (χ0n) is 17.4. The summed E-state index contributed by atoms with van der Waals surface area (Å²) >= 11 is 0. The molecule has 1 amide bonds. The number of nitrogens with zero attached hydrogens (tertiary/aromatic N) is 2. The zero-order valence-corrected chi connectivity index (χ0v) is 17.4. The van der Waals surface area contributed by atoms with E-state index >= 15 is 0 Å². The number of aliphatic hydroxyl groups is 1. The van der Waals surface area contributed by atoms with Gasteiger partial charge in [0.15, 0.2) is 0 Å². The maximum Gasteiger partial charge on any atom is 0.311 e. The Morgan fingerprint density at radius 2 is 1.93 bits per heavy atom. The summed E-state index contributed by atoms with van der Waals surface area (Å²) in [5.41, 5.74) is 0.785. The van der Waals surface area contributed by atoms with Gasteiger partial charge in [-0.25, -0.2) is 0 Å². The third kappa shape index (κ3) is 4.56. The maximum absolute atomic E-state index is 12.6. The Morgan fingerprint density at radius 3 is 2.52 bits per heavy atom. The number of rotatable bonds is 8. The zero-order chi connectivity index (χ0) is 20.9. The fraction of sp³-hybridized carbons (Fsp3) is 0.636. The Kier molecular flexibility index (Phi) is 7.14. The third-order valence-corrected chi connectivity index (χ3v) is 6.21. The molecule has 2 fully saturated rings. The van der Waals surface area contributed by atoms with Crippen LogP contribution in [0.3, 0.4) is 0 Å². The van der Waals surface area contributed by atoms with Gasteiger partial charge in [-0.05, 0) is 37.0 Å². The molecule has 1 atom stereocenters. The van der Waals surface area contributed by atoms with E-state index < -0.39 is 5.54 Å². The lowest BCUT2D eigenvalue weighted by atomic mass is 9.76. The number of hydrogen-bond donors (Lipinski definition) is 1. The van der Waals surface area contributed by atoms with Crippen molar-refractivity contribution in [2.75, 3.05) is 40.0 Å². The van der Waals surface area contributed by atoms with Gasteiger partial charge in [0.2, 0.25) is 5.91 Å². The highest BCUT2D eigenvalue weighted by atomic mass is 16.5. The summed E-state index contributed by atoms with van der Waals surface area (Å²) in [5.74, 6) is 0.204. The van der Waals surface area contributed by atoms with E-state index in [2.05, 4.69) is 11.8 Å². The smallest absolute Gasteiger partial charge is 0.311 e. The van der Waals surface area contributed by atoms with Gasteiger partial charge in [-0.3, -0.25) is 14.5 Å². The highest BCUT2D eigenvalue weighted by Gasteiger charge is 2.56. The molecule has 0 aliphatic carbocycles. The Hall–Kier alpha value is -2.12. The number of amides is 1. The molecule has 1 spiro atoms. The van der Waals surface area contributed by atoms with Crippen LogP contribution in [0.5, 0.6) is 5.75 Å². The molecule has 0 aromatic heterocycles. The SMILES string of the molecule is CCCN1C(=O)CC(C(=O)OC)C12CCN(Cc1ccc(OCCO)cc1)CC2. The summed E-state index contributed by atoms with van der Waals surface area (Å²) in [4.78, 5) is 29.4. The first-order valence-electron chi connectivity index (χ1n) is 10.5. The first kappa shape index (κ1) is 21.6. The minimum absolute atomic E-state index is 0.00139. The summed E-state index contributed by atoms with van der Waals surface area (Å²) in [5, 5.41) is 8.84. The van der Waals surface area contributed by atoms with Crippen LogP contribution in [0.25, 0.3) is 0 Å². The molecule has 0 saturated carbocycles. The normalized spacial score (nSPS) is 21.6. The second-order valence-corrected chi connectivity index (χ2v) is 7.92. The number of ether oxygens (including phenoxy) is 2. The van der Waals surface area contributed by atoms with Crippen molar-refractivity contribution in [2.45, 2.75) is 44.7 Å². The molecule has 3 rings (SSSR count). The molecule has 1 unspecified atom stereocenters. The van der Waals surface area contributed by atoms with Gasteiger partial charge in [-0.2, -0.15) is 0 Å². The van der Waals surface area contributed by atoms with Gasteiger partial charge in [0.05, 0.1) is 25.2 Å². The van der Waals surface area contributed by atoms with Crippen LogP contribution in [0.1, 0.15) is 38.2 Å². The van der Waals surface area contributed by atoms with Gasteiger partial charge >= 0.3 is 5.97 Å². The fourth-order valence-corrected chi connectivity index (χ4v) is 4.76. The largest absolute Gasteiger partial charge is 0.491 e. The molecular weight excluding hydrogens is 372 g/mol. The molecular formula is C22H32N2O5. The van der Waals surface area contributed by atoms with Crippen LogP contribution >= 0.6 is 0 Å². The van der Waals surface area contributed by atoms with E-state index in [9.17, 15) is 9.59 Å². The average Bonchev–Trinajstić information content (AvgIpc) is 3.01. The van der Waals surface area contributed by atoms with Gasteiger partial charge in [-0.15, -0.1) is 0 Å². The van der Waals surface area contributed by atoms with Gasteiger partial charge in [-0.1, -0.05) is 19.1 Å². The number of piperidine rings is 1. The van der Waals surface area contributed by atoms with Crippen LogP contribution < -0.4 is 4.74 Å². The highest BCUT2D eigenvalue weighted by molar-refractivity contribution is 5.89. The number of aliphatic hydroxyl groups excluding tert-OH is 1. The summed E-state index contributed by atoms with van der Waals surface area (Å²) in [6.45, 7) is 5.55. The topological polar surface area (TPSA) is 79.3 Å². The van der Waals surface area contributed by atoms with Crippen molar-refractivity contribution in [3.05, 3.63) is 29.8 Å². The summed E-state index contributed by atoms with van der Waals surface area (Å²) < 4.78 is 10.4. The molecule has 2 heterocycles. The number of esters is 1. The highest BCUT2D eigenvalue weighted by Crippen LogP contribution is 2.44. The monoisotopic (exact) mass is 404 g/mol. The molecule has 2 saturated heterocycles. The number of methoxy groups -OCH3 is 1. The predicted molar refractivity (Wildman–Crippen MR) is 108 cm³/mol. The molecule has 0 radical (unpaired) electrons. The van der Waals surface area contributed by atoms with E-state index in [1.807, 2.05) is 29.2 Å². The second-order valence-electron chi connectivity index (χ2n) is 7.92. The van der Waals surface area contributed by atoms with Crippen molar-refractivity contribution in [1.82, 2.24) is 9.80 Å². The molecule has 29 heavy (non-hydrogen) atoms. The van der Waals surface area contributed by atoms with Gasteiger partial charge in [0.25, 0.3) is 0 Å². The maximum atomic E-state index is 12.6. The summed E-state index contributed by atoms with van der Waals surface area (Å²) in [7, 11) is 1.41. The molecule has 1 aromatic rings. The first-order chi connectivity index (χ1) is 14.0. The van der Waals surface area contributed by atoms with Crippen molar-refractivity contribution in [3.63, 3.8) is 0 Å². The van der Waals surface area contributed by atoms with Crippen molar-refractivity contribution < 1.29 is 24.2 Å². The van der Waals surface area contributed by atoms with E-state index in [0.29, 0.717) is 13.2 Å². The lowest BCUT2D eigenvalue weighted by Crippen LogP contribution is -2.57. The minimum Gasteiger partial charge on any atom is -0.491 e. The van der Waals surface area contributed by atoms with Crippen LogP contribution in [0, 0.1) is 5.92 Å². The number of likely N-dealkylation sites (tertiary alicyclic amines) is 2. The molecule has 2 aliphatic heterocycles. The van der Waals surface area contributed by atoms with Crippen molar-refractivity contribution >= 4 is 11.9 Å². The Balaban J connectivity index is 1.65. The molecule has 160 valence electrons. The van der Waals surface area contributed by atoms with Crippen LogP contribution in [0.15, 0.2) is 24.3 Å². The van der Waals surface area contributed by atoms with Crippen molar-refractivity contribution in [3.8, 4) is 5.75 Å². The molecule has 1 N–H and O–H groups in total. The molecule has 2 aliphatic rings. The number of hydrogen-bond acceptors (Lipinski definition) is 6. The van der Waals surface area contributed by atoms with E-state index in [-0.39, 0.29) is 30.8 Å². The molecule has 0 bridgehead atoms. The Labute approximate surface area is 172 Å². The first-order valence-corrected chi connectivity index (χ1v) is 10.5. The van der Waals surface area contributed by atoms with Crippen LogP contribution in [-0.4, -0.2) is 72.3 Å². The van der Waals surface area contributed by atoms with Crippen molar-refractivity contribution in [1.29, 1.82) is 0 Å². The summed E-state index contributed by atoms with van der Waals surface area (Å²) in [6, 6.07) is 7.91. The van der Waals surface area contributed by atoms with E-state index in [1.165, 1.54) is 12.7 Å². The predicted octanol–water partition coefficient (Wildman–Crippen LogP) is 1.82. The number of benzene rings is 1. The molecule has 1 aromatic carbocycles. The standard InChI is InChI=1S/C22H32N2O5/c1-3-10-24-20(26)15-19(21(27)28-2)22(24)8-11-23(12-9-22)16-17-4-6-18(7-5-17)29-14-13-25/h4-7,19,25H,3,8-16H2,1-2H3. The lowest BCUT2D eigenvalue weighted by molar-refractivity contribution is -0.150. The van der Waals surface area contributed by atoms with Gasteiger partial charge < -0.3 is 19.5 Å². The van der Waals surface area contributed by atoms with E-state index in [1.54, 1.807) is 0 Å². The number of carbonyl (C=O) groups is 2. The van der Waals surface area contributed by atoms with Crippen LogP contribution in [0.2, 0.25) is 0 Å².